The van der Waals surface area contributed by atoms with Crippen molar-refractivity contribution in [3.8, 4) is 11.3 Å². The van der Waals surface area contributed by atoms with Gasteiger partial charge in [0, 0.05) is 24.6 Å². The normalized spacial score (nSPS) is 11.8. The van der Waals surface area contributed by atoms with Crippen LogP contribution in [0.5, 0.6) is 0 Å². The number of nitrogens with zero attached hydrogens (tertiary/aromatic N) is 2. The smallest absolute Gasteiger partial charge is 0.225 e. The van der Waals surface area contributed by atoms with Gasteiger partial charge in [-0.1, -0.05) is 29.3 Å². The van der Waals surface area contributed by atoms with Gasteiger partial charge in [-0.3, -0.25) is 4.79 Å². The molecule has 3 rings (SSSR count). The highest BCUT2D eigenvalue weighted by Crippen LogP contribution is 2.40. The zero-order valence-corrected chi connectivity index (χ0v) is 17.4. The number of hydrogen-bond donors (Lipinski definition) is 3. The first kappa shape index (κ1) is 19.8. The molecule has 142 valence electrons. The van der Waals surface area contributed by atoms with E-state index in [4.69, 9.17) is 34.7 Å². The van der Waals surface area contributed by atoms with Gasteiger partial charge in [-0.25, -0.2) is 9.97 Å². The average Bonchev–Trinajstić information content (AvgIpc) is 2.93. The summed E-state index contributed by atoms with van der Waals surface area (Å²) in [6.45, 7) is 5.76. The number of nitrogen functional groups attached to an aromatic ring is 1. The molecule has 0 saturated carbocycles. The lowest BCUT2D eigenvalue weighted by atomic mass is 10.1. The van der Waals surface area contributed by atoms with Crippen molar-refractivity contribution in [3.63, 3.8) is 0 Å². The first-order valence-electron chi connectivity index (χ1n) is 8.17. The van der Waals surface area contributed by atoms with Crippen molar-refractivity contribution in [2.45, 2.75) is 26.3 Å². The van der Waals surface area contributed by atoms with Crippen LogP contribution in [-0.4, -0.2) is 27.8 Å². The van der Waals surface area contributed by atoms with Gasteiger partial charge in [-0.05, 0) is 26.0 Å². The summed E-state index contributed by atoms with van der Waals surface area (Å²) in [5.41, 5.74) is 13.3. The minimum absolute atomic E-state index is 0.118. The number of Topliss-reactive ketones (excluding diaryl/α,β-unsaturated/α-hetero) is 1. The lowest BCUT2D eigenvalue weighted by Crippen LogP contribution is -2.39. The highest BCUT2D eigenvalue weighted by atomic mass is 35.5. The van der Waals surface area contributed by atoms with E-state index in [0.29, 0.717) is 49.0 Å². The molecule has 0 bridgehead atoms. The molecule has 3 aromatic rings. The number of nitrogens with two attached hydrogens (primary N) is 2. The van der Waals surface area contributed by atoms with E-state index in [2.05, 4.69) is 15.3 Å². The van der Waals surface area contributed by atoms with Gasteiger partial charge in [0.05, 0.1) is 31.7 Å². The Morgan fingerprint density at radius 1 is 1.26 bits per heavy atom. The molecule has 0 saturated heterocycles. The monoisotopic (exact) mass is 423 g/mol. The van der Waals surface area contributed by atoms with E-state index in [0.717, 1.165) is 5.56 Å². The molecule has 0 radical (unpaired) electrons. The number of carbonyl (C=O) groups is 1. The Hall–Kier alpha value is -1.93. The number of aromatic nitrogens is 2. The summed E-state index contributed by atoms with van der Waals surface area (Å²) in [6.07, 6.45) is 0. The van der Waals surface area contributed by atoms with Crippen LogP contribution in [0.2, 0.25) is 10.0 Å². The predicted octanol–water partition coefficient (Wildman–Crippen LogP) is 4.60. The molecule has 0 fully saturated rings. The number of anilines is 2. The number of ketones is 1. The topological polar surface area (TPSA) is 107 Å². The quantitative estimate of drug-likeness (QED) is 0.517. The van der Waals surface area contributed by atoms with Crippen LogP contribution in [-0.2, 0) is 0 Å². The van der Waals surface area contributed by atoms with Crippen LogP contribution in [0.15, 0.2) is 18.2 Å². The summed E-state index contributed by atoms with van der Waals surface area (Å²) < 4.78 is 0. The number of hydrogen-bond acceptors (Lipinski definition) is 7. The van der Waals surface area contributed by atoms with Gasteiger partial charge in [0.15, 0.2) is 5.78 Å². The van der Waals surface area contributed by atoms with E-state index in [1.165, 1.54) is 18.3 Å². The van der Waals surface area contributed by atoms with Gasteiger partial charge in [0.2, 0.25) is 5.95 Å². The Labute approximate surface area is 170 Å². The van der Waals surface area contributed by atoms with Gasteiger partial charge in [-0.15, -0.1) is 11.3 Å². The molecule has 0 aliphatic heterocycles. The number of rotatable bonds is 5. The molecular formula is C18H19Cl2N5OS. The van der Waals surface area contributed by atoms with E-state index in [9.17, 15) is 4.79 Å². The van der Waals surface area contributed by atoms with E-state index >= 15 is 0 Å². The maximum Gasteiger partial charge on any atom is 0.225 e. The first-order valence-corrected chi connectivity index (χ1v) is 9.75. The van der Waals surface area contributed by atoms with Crippen LogP contribution >= 0.6 is 34.5 Å². The summed E-state index contributed by atoms with van der Waals surface area (Å²) in [6, 6.07) is 5.21. The second-order valence-electron chi connectivity index (χ2n) is 6.82. The number of carbonyl (C=O) groups excluding carboxylic acids is 1. The van der Waals surface area contributed by atoms with Crippen LogP contribution in [0.4, 0.5) is 11.6 Å². The summed E-state index contributed by atoms with van der Waals surface area (Å²) in [5, 5.41) is 4.70. The highest BCUT2D eigenvalue weighted by molar-refractivity contribution is 7.21. The number of halogens is 2. The zero-order valence-electron chi connectivity index (χ0n) is 15.1. The lowest BCUT2D eigenvalue weighted by molar-refractivity contribution is 0.102. The summed E-state index contributed by atoms with van der Waals surface area (Å²) in [5.74, 6) is 0.280. The standard InChI is InChI=1S/C18H19Cl2N5OS/c1-8(26)15-13(22)12-14(9-4-5-10(19)11(20)6-9)23-17(24-16(12)27-15)25-18(2,3)7-21/h4-6H,7,21-22H2,1-3H3,(H,23,24,25). The SMILES string of the molecule is CC(=O)c1sc2nc(NC(C)(C)CN)nc(-c3ccc(Cl)c(Cl)c3)c2c1N. The van der Waals surface area contributed by atoms with E-state index in [-0.39, 0.29) is 5.78 Å². The van der Waals surface area contributed by atoms with Crippen molar-refractivity contribution in [3.05, 3.63) is 33.1 Å². The van der Waals surface area contributed by atoms with Crippen molar-refractivity contribution in [1.82, 2.24) is 9.97 Å². The Kier molecular flexibility index (Phi) is 5.31. The Morgan fingerprint density at radius 2 is 1.96 bits per heavy atom. The summed E-state index contributed by atoms with van der Waals surface area (Å²) in [4.78, 5) is 22.2. The molecule has 0 atom stereocenters. The molecule has 2 aromatic heterocycles. The van der Waals surface area contributed by atoms with Gasteiger partial charge >= 0.3 is 0 Å². The number of nitrogens with one attached hydrogen (secondary N) is 1. The van der Waals surface area contributed by atoms with E-state index in [1.807, 2.05) is 13.8 Å². The molecule has 1 aromatic carbocycles. The first-order chi connectivity index (χ1) is 12.6. The zero-order chi connectivity index (χ0) is 19.9. The Morgan fingerprint density at radius 3 is 2.56 bits per heavy atom. The molecule has 9 heteroatoms. The second kappa shape index (κ2) is 7.24. The van der Waals surface area contributed by atoms with Crippen molar-refractivity contribution in [2.24, 2.45) is 5.73 Å². The molecule has 5 N–H and O–H groups in total. The van der Waals surface area contributed by atoms with Crippen molar-refractivity contribution < 1.29 is 4.79 Å². The molecule has 0 unspecified atom stereocenters. The molecule has 0 aliphatic carbocycles. The predicted molar refractivity (Wildman–Crippen MR) is 114 cm³/mol. The lowest BCUT2D eigenvalue weighted by Gasteiger charge is -2.24. The fourth-order valence-corrected chi connectivity index (χ4v) is 3.83. The maximum absolute atomic E-state index is 12.0. The molecular weight excluding hydrogens is 405 g/mol. The minimum Gasteiger partial charge on any atom is -0.397 e. The summed E-state index contributed by atoms with van der Waals surface area (Å²) in [7, 11) is 0. The largest absolute Gasteiger partial charge is 0.397 e. The third-order valence-electron chi connectivity index (χ3n) is 4.06. The molecule has 2 heterocycles. The Balaban J connectivity index is 2.30. The van der Waals surface area contributed by atoms with Crippen molar-refractivity contribution >= 4 is 62.2 Å². The van der Waals surface area contributed by atoms with Gasteiger partial charge in [0.1, 0.15) is 4.83 Å². The maximum atomic E-state index is 12.0. The van der Waals surface area contributed by atoms with E-state index < -0.39 is 5.54 Å². The number of benzene rings is 1. The van der Waals surface area contributed by atoms with Crippen LogP contribution in [0, 0.1) is 0 Å². The highest BCUT2D eigenvalue weighted by Gasteiger charge is 2.23. The molecule has 0 spiro atoms. The third-order valence-corrected chi connectivity index (χ3v) is 6.00. The van der Waals surface area contributed by atoms with Gasteiger partial charge < -0.3 is 16.8 Å². The van der Waals surface area contributed by atoms with Crippen LogP contribution in [0.3, 0.4) is 0 Å². The fraction of sp³-hybridized carbons (Fsp3) is 0.278. The van der Waals surface area contributed by atoms with Crippen LogP contribution < -0.4 is 16.8 Å². The summed E-state index contributed by atoms with van der Waals surface area (Å²) >= 11 is 13.5. The average molecular weight is 424 g/mol. The number of fused-ring (bicyclic) bond motifs is 1. The minimum atomic E-state index is -0.408. The van der Waals surface area contributed by atoms with Crippen LogP contribution in [0.1, 0.15) is 30.4 Å². The van der Waals surface area contributed by atoms with Gasteiger partial charge in [-0.2, -0.15) is 0 Å². The Bertz CT molecular complexity index is 1050. The fourth-order valence-electron chi connectivity index (χ4n) is 2.55. The molecule has 6 nitrogen and oxygen atoms in total. The van der Waals surface area contributed by atoms with Crippen molar-refractivity contribution in [1.29, 1.82) is 0 Å². The molecule has 0 amide bonds. The van der Waals surface area contributed by atoms with E-state index in [1.54, 1.807) is 18.2 Å². The molecule has 0 aliphatic rings. The third kappa shape index (κ3) is 3.87. The van der Waals surface area contributed by atoms with Gasteiger partial charge in [0.25, 0.3) is 0 Å². The molecule has 27 heavy (non-hydrogen) atoms. The van der Waals surface area contributed by atoms with Crippen molar-refractivity contribution in [2.75, 3.05) is 17.6 Å². The van der Waals surface area contributed by atoms with Crippen LogP contribution in [0.25, 0.3) is 21.5 Å². The number of thiophene rings is 1. The second-order valence-corrected chi connectivity index (χ2v) is 8.63.